The fourth-order valence-electron chi connectivity index (χ4n) is 2.43. The van der Waals surface area contributed by atoms with Crippen molar-refractivity contribution >= 4 is 20.7 Å². The third-order valence-electron chi connectivity index (χ3n) is 3.58. The van der Waals surface area contributed by atoms with Gasteiger partial charge in [0.2, 0.25) is 9.84 Å². The maximum absolute atomic E-state index is 12.7. The number of fused-ring (bicyclic) bond motifs is 1. The molecule has 2 heterocycles. The first-order valence-electron chi connectivity index (χ1n) is 7.19. The maximum atomic E-state index is 12.7. The van der Waals surface area contributed by atoms with Crippen LogP contribution in [0.25, 0.3) is 10.9 Å². The molecule has 3 aromatic rings. The van der Waals surface area contributed by atoms with Gasteiger partial charge in [-0.05, 0) is 18.2 Å². The molecule has 6 nitrogen and oxygen atoms in total. The summed E-state index contributed by atoms with van der Waals surface area (Å²) in [6.07, 6.45) is 1.49. The van der Waals surface area contributed by atoms with E-state index in [9.17, 15) is 8.42 Å². The second-order valence-corrected chi connectivity index (χ2v) is 7.03. The monoisotopic (exact) mass is 344 g/mol. The Morgan fingerprint density at radius 2 is 1.79 bits per heavy atom. The van der Waals surface area contributed by atoms with Gasteiger partial charge in [0.25, 0.3) is 0 Å². The third-order valence-corrected chi connectivity index (χ3v) is 5.10. The number of hydrogen-bond acceptors (Lipinski definition) is 6. The summed E-state index contributed by atoms with van der Waals surface area (Å²) < 4.78 is 35.9. The fraction of sp³-hybridized carbons (Fsp3) is 0.176. The molecule has 0 atom stereocenters. The Hall–Kier alpha value is -2.67. The van der Waals surface area contributed by atoms with Crippen molar-refractivity contribution in [2.75, 3.05) is 14.2 Å². The van der Waals surface area contributed by atoms with Crippen LogP contribution in [0.2, 0.25) is 0 Å². The van der Waals surface area contributed by atoms with Crippen molar-refractivity contribution in [3.8, 4) is 11.5 Å². The highest BCUT2D eigenvalue weighted by atomic mass is 32.2. The van der Waals surface area contributed by atoms with E-state index in [1.54, 1.807) is 18.2 Å². The lowest BCUT2D eigenvalue weighted by Gasteiger charge is -2.11. The van der Waals surface area contributed by atoms with E-state index in [1.807, 2.05) is 18.2 Å². The number of ether oxygens (including phenoxy) is 2. The minimum atomic E-state index is -3.67. The standard InChI is InChI=1S/C17H16N2O4S/c1-22-15-9-10-18-14(17(15)23-2)11-24(20,21)16-8-7-12-5-3-4-6-13(12)19-16/h3-10H,11H2,1-2H3. The van der Waals surface area contributed by atoms with E-state index in [4.69, 9.17) is 9.47 Å². The molecule has 1 aromatic carbocycles. The molecule has 0 amide bonds. The van der Waals surface area contributed by atoms with E-state index in [1.165, 1.54) is 26.5 Å². The summed E-state index contributed by atoms with van der Waals surface area (Å²) in [5.74, 6) is 0.423. The SMILES string of the molecule is COc1ccnc(CS(=O)(=O)c2ccc3ccccc3n2)c1OC. The van der Waals surface area contributed by atoms with E-state index in [0.29, 0.717) is 17.0 Å². The molecular weight excluding hydrogens is 328 g/mol. The van der Waals surface area contributed by atoms with Crippen molar-refractivity contribution in [1.82, 2.24) is 9.97 Å². The second kappa shape index (κ2) is 6.45. The van der Waals surface area contributed by atoms with Crippen molar-refractivity contribution in [2.24, 2.45) is 0 Å². The zero-order valence-electron chi connectivity index (χ0n) is 13.3. The summed E-state index contributed by atoms with van der Waals surface area (Å²) in [6, 6.07) is 12.2. The third kappa shape index (κ3) is 3.03. The lowest BCUT2D eigenvalue weighted by Crippen LogP contribution is -2.10. The van der Waals surface area contributed by atoms with E-state index >= 15 is 0 Å². The molecule has 0 aliphatic carbocycles. The predicted molar refractivity (Wildman–Crippen MR) is 90.0 cm³/mol. The average Bonchev–Trinajstić information content (AvgIpc) is 2.60. The van der Waals surface area contributed by atoms with Crippen molar-refractivity contribution in [2.45, 2.75) is 10.8 Å². The molecule has 124 valence electrons. The molecule has 0 aliphatic heterocycles. The van der Waals surface area contributed by atoms with Crippen LogP contribution in [0.5, 0.6) is 11.5 Å². The van der Waals surface area contributed by atoms with Gasteiger partial charge in [-0.2, -0.15) is 0 Å². The highest BCUT2D eigenvalue weighted by molar-refractivity contribution is 7.90. The van der Waals surface area contributed by atoms with Crippen molar-refractivity contribution in [1.29, 1.82) is 0 Å². The first kappa shape index (κ1) is 16.2. The molecule has 0 fully saturated rings. The highest BCUT2D eigenvalue weighted by Gasteiger charge is 2.22. The Kier molecular flexibility index (Phi) is 4.35. The van der Waals surface area contributed by atoms with Crippen LogP contribution in [-0.2, 0) is 15.6 Å². The average molecular weight is 344 g/mol. The lowest BCUT2D eigenvalue weighted by molar-refractivity contribution is 0.350. The van der Waals surface area contributed by atoms with Gasteiger partial charge >= 0.3 is 0 Å². The summed E-state index contributed by atoms with van der Waals surface area (Å²) in [4.78, 5) is 8.37. The number of rotatable bonds is 5. The largest absolute Gasteiger partial charge is 0.493 e. The van der Waals surface area contributed by atoms with Crippen molar-refractivity contribution in [3.05, 3.63) is 54.4 Å². The molecule has 0 bridgehead atoms. The topological polar surface area (TPSA) is 78.4 Å². The van der Waals surface area contributed by atoms with Crippen LogP contribution in [0.15, 0.2) is 53.7 Å². The quantitative estimate of drug-likeness (QED) is 0.708. The number of nitrogens with zero attached hydrogens (tertiary/aromatic N) is 2. The number of benzene rings is 1. The molecule has 3 rings (SSSR count). The molecule has 24 heavy (non-hydrogen) atoms. The lowest BCUT2D eigenvalue weighted by atomic mass is 10.2. The van der Waals surface area contributed by atoms with Crippen LogP contribution in [-0.4, -0.2) is 32.6 Å². The number of sulfone groups is 1. The summed E-state index contributed by atoms with van der Waals surface area (Å²) in [6.45, 7) is 0. The number of methoxy groups -OCH3 is 2. The number of hydrogen-bond donors (Lipinski definition) is 0. The minimum Gasteiger partial charge on any atom is -0.493 e. The molecule has 0 spiro atoms. The zero-order chi connectivity index (χ0) is 17.2. The van der Waals surface area contributed by atoms with Crippen molar-refractivity contribution < 1.29 is 17.9 Å². The molecule has 0 radical (unpaired) electrons. The van der Waals surface area contributed by atoms with Crippen LogP contribution in [0.1, 0.15) is 5.69 Å². The molecular formula is C17H16N2O4S. The molecule has 7 heteroatoms. The van der Waals surface area contributed by atoms with Gasteiger partial charge in [0.1, 0.15) is 11.4 Å². The van der Waals surface area contributed by atoms with Crippen LogP contribution in [0, 0.1) is 0 Å². The van der Waals surface area contributed by atoms with Crippen LogP contribution < -0.4 is 9.47 Å². The van der Waals surface area contributed by atoms with Gasteiger partial charge in [-0.1, -0.05) is 18.2 Å². The Morgan fingerprint density at radius 1 is 1.00 bits per heavy atom. The molecule has 0 saturated heterocycles. The van der Waals surface area contributed by atoms with Gasteiger partial charge in [0.05, 0.1) is 19.7 Å². The van der Waals surface area contributed by atoms with Gasteiger partial charge in [0.15, 0.2) is 16.5 Å². The second-order valence-electron chi connectivity index (χ2n) is 5.09. The Balaban J connectivity index is 2.02. The van der Waals surface area contributed by atoms with Gasteiger partial charge < -0.3 is 9.47 Å². The van der Waals surface area contributed by atoms with Crippen LogP contribution in [0.3, 0.4) is 0 Å². The van der Waals surface area contributed by atoms with E-state index < -0.39 is 9.84 Å². The molecule has 0 saturated carbocycles. The number of aromatic nitrogens is 2. The summed E-state index contributed by atoms with van der Waals surface area (Å²) in [7, 11) is -0.736. The van der Waals surface area contributed by atoms with Gasteiger partial charge in [-0.3, -0.25) is 4.98 Å². The van der Waals surface area contributed by atoms with Crippen LogP contribution >= 0.6 is 0 Å². The maximum Gasteiger partial charge on any atom is 0.201 e. The Morgan fingerprint density at radius 3 is 2.54 bits per heavy atom. The Bertz CT molecular complexity index is 987. The summed E-state index contributed by atoms with van der Waals surface area (Å²) in [5, 5.41) is 0.890. The zero-order valence-corrected chi connectivity index (χ0v) is 14.1. The predicted octanol–water partition coefficient (Wildman–Crippen LogP) is 2.62. The number of para-hydroxylation sites is 1. The van der Waals surface area contributed by atoms with Gasteiger partial charge in [0, 0.05) is 17.6 Å². The van der Waals surface area contributed by atoms with E-state index in [-0.39, 0.29) is 16.5 Å². The van der Waals surface area contributed by atoms with Gasteiger partial charge in [-0.15, -0.1) is 0 Å². The van der Waals surface area contributed by atoms with E-state index in [0.717, 1.165) is 5.39 Å². The smallest absolute Gasteiger partial charge is 0.201 e. The normalized spacial score (nSPS) is 11.4. The molecule has 0 N–H and O–H groups in total. The molecule has 2 aromatic heterocycles. The van der Waals surface area contributed by atoms with Crippen LogP contribution in [0.4, 0.5) is 0 Å². The molecule has 0 unspecified atom stereocenters. The molecule has 0 aliphatic rings. The van der Waals surface area contributed by atoms with Gasteiger partial charge in [-0.25, -0.2) is 13.4 Å². The fourth-order valence-corrected chi connectivity index (χ4v) is 3.65. The summed E-state index contributed by atoms with van der Waals surface area (Å²) >= 11 is 0. The van der Waals surface area contributed by atoms with E-state index in [2.05, 4.69) is 9.97 Å². The first-order valence-corrected chi connectivity index (χ1v) is 8.85. The Labute approximate surface area is 140 Å². The number of pyridine rings is 2. The highest BCUT2D eigenvalue weighted by Crippen LogP contribution is 2.31. The summed E-state index contributed by atoms with van der Waals surface area (Å²) in [5.41, 5.74) is 0.913. The minimum absolute atomic E-state index is 0.00729. The van der Waals surface area contributed by atoms with Crippen molar-refractivity contribution in [3.63, 3.8) is 0 Å². The first-order chi connectivity index (χ1) is 11.5.